The fourth-order valence-corrected chi connectivity index (χ4v) is 3.76. The number of hydrogen-bond donors (Lipinski definition) is 1. The van der Waals surface area contributed by atoms with Crippen molar-refractivity contribution in [1.29, 1.82) is 0 Å². The van der Waals surface area contributed by atoms with Crippen molar-refractivity contribution in [1.82, 2.24) is 9.71 Å². The highest BCUT2D eigenvalue weighted by atomic mass is 32.2. The minimum atomic E-state index is -3.71. The Kier molecular flexibility index (Phi) is 5.30. The van der Waals surface area contributed by atoms with Crippen LogP contribution in [0.15, 0.2) is 41.6 Å². The second-order valence-corrected chi connectivity index (χ2v) is 8.52. The minimum absolute atomic E-state index is 0.166. The van der Waals surface area contributed by atoms with Gasteiger partial charge in [-0.15, -0.1) is 0 Å². The van der Waals surface area contributed by atoms with E-state index in [-0.39, 0.29) is 16.9 Å². The van der Waals surface area contributed by atoms with Crippen molar-refractivity contribution in [3.63, 3.8) is 0 Å². The first kappa shape index (κ1) is 18.4. The van der Waals surface area contributed by atoms with Gasteiger partial charge in [-0.1, -0.05) is 32.9 Å². The van der Waals surface area contributed by atoms with Crippen LogP contribution in [0.25, 0.3) is 0 Å². The third-order valence-electron chi connectivity index (χ3n) is 3.69. The molecule has 0 spiro atoms. The lowest BCUT2D eigenvalue weighted by Crippen LogP contribution is -2.25. The van der Waals surface area contributed by atoms with Crippen LogP contribution in [0, 0.1) is 6.92 Å². The van der Waals surface area contributed by atoms with Crippen molar-refractivity contribution in [2.75, 3.05) is 7.11 Å². The van der Waals surface area contributed by atoms with Gasteiger partial charge in [0, 0.05) is 24.5 Å². The van der Waals surface area contributed by atoms with E-state index in [4.69, 9.17) is 4.74 Å². The molecule has 6 heteroatoms. The highest BCUT2D eigenvalue weighted by Crippen LogP contribution is 2.37. The van der Waals surface area contributed by atoms with Crippen LogP contribution >= 0.6 is 0 Å². The van der Waals surface area contributed by atoms with Crippen molar-refractivity contribution in [3.8, 4) is 5.75 Å². The molecular formula is C18H24N2O3S. The Morgan fingerprint density at radius 2 is 1.96 bits per heavy atom. The van der Waals surface area contributed by atoms with Crippen LogP contribution in [0.1, 0.15) is 37.5 Å². The number of rotatable bonds is 5. The van der Waals surface area contributed by atoms with Crippen molar-refractivity contribution in [2.45, 2.75) is 44.6 Å². The van der Waals surface area contributed by atoms with E-state index in [9.17, 15) is 8.42 Å². The quantitative estimate of drug-likeness (QED) is 0.901. The zero-order valence-electron chi connectivity index (χ0n) is 14.8. The van der Waals surface area contributed by atoms with Gasteiger partial charge in [0.15, 0.2) is 0 Å². The van der Waals surface area contributed by atoms with Gasteiger partial charge < -0.3 is 4.74 Å². The summed E-state index contributed by atoms with van der Waals surface area (Å²) < 4.78 is 33.7. The first-order valence-electron chi connectivity index (χ1n) is 7.73. The van der Waals surface area contributed by atoms with Crippen LogP contribution in [-0.2, 0) is 22.0 Å². The molecule has 1 aromatic heterocycles. The van der Waals surface area contributed by atoms with E-state index in [0.29, 0.717) is 5.75 Å². The van der Waals surface area contributed by atoms with E-state index < -0.39 is 10.0 Å². The van der Waals surface area contributed by atoms with Gasteiger partial charge in [0.1, 0.15) is 10.6 Å². The zero-order valence-corrected chi connectivity index (χ0v) is 15.6. The average Bonchev–Trinajstić information content (AvgIpc) is 2.52. The molecule has 0 radical (unpaired) electrons. The Labute approximate surface area is 144 Å². The van der Waals surface area contributed by atoms with Crippen molar-refractivity contribution >= 4 is 10.0 Å². The standard InChI is InChI=1S/C18H24N2O3S/c1-13-9-15(18(2,3)4)17(23-5)16(10-13)24(21,22)20-12-14-7-6-8-19-11-14/h6-11,20H,12H2,1-5H3. The Bertz CT molecular complexity index is 810. The predicted octanol–water partition coefficient (Wildman–Crippen LogP) is 3.17. The lowest BCUT2D eigenvalue weighted by atomic mass is 9.85. The summed E-state index contributed by atoms with van der Waals surface area (Å²) in [5.41, 5.74) is 2.31. The van der Waals surface area contributed by atoms with Gasteiger partial charge in [0.05, 0.1) is 7.11 Å². The lowest BCUT2D eigenvalue weighted by Gasteiger charge is -2.24. The smallest absolute Gasteiger partial charge is 0.244 e. The third kappa shape index (κ3) is 4.13. The Balaban J connectivity index is 2.44. The van der Waals surface area contributed by atoms with E-state index in [0.717, 1.165) is 16.7 Å². The maximum atomic E-state index is 12.8. The number of nitrogens with one attached hydrogen (secondary N) is 1. The van der Waals surface area contributed by atoms with E-state index in [1.54, 1.807) is 24.5 Å². The fraction of sp³-hybridized carbons (Fsp3) is 0.389. The van der Waals surface area contributed by atoms with Crippen LogP contribution < -0.4 is 9.46 Å². The van der Waals surface area contributed by atoms with Gasteiger partial charge >= 0.3 is 0 Å². The normalized spacial score (nSPS) is 12.2. The number of sulfonamides is 1. The van der Waals surface area contributed by atoms with Gasteiger partial charge in [0.2, 0.25) is 10.0 Å². The second kappa shape index (κ2) is 6.91. The maximum absolute atomic E-state index is 12.8. The van der Waals surface area contributed by atoms with Gasteiger partial charge in [-0.05, 0) is 35.6 Å². The molecule has 1 aromatic carbocycles. The highest BCUT2D eigenvalue weighted by Gasteiger charge is 2.27. The molecule has 0 aliphatic heterocycles. The number of hydrogen-bond acceptors (Lipinski definition) is 4. The Morgan fingerprint density at radius 3 is 2.50 bits per heavy atom. The molecule has 2 rings (SSSR count). The van der Waals surface area contributed by atoms with E-state index in [1.165, 1.54) is 7.11 Å². The molecule has 0 bridgehead atoms. The largest absolute Gasteiger partial charge is 0.495 e. The molecule has 0 saturated heterocycles. The topological polar surface area (TPSA) is 68.3 Å². The van der Waals surface area contributed by atoms with Gasteiger partial charge in [-0.3, -0.25) is 4.98 Å². The summed E-state index contributed by atoms with van der Waals surface area (Å²) in [5, 5.41) is 0. The van der Waals surface area contributed by atoms with Crippen molar-refractivity contribution < 1.29 is 13.2 Å². The second-order valence-electron chi connectivity index (χ2n) is 6.78. The molecule has 130 valence electrons. The number of pyridine rings is 1. The number of aryl methyl sites for hydroxylation is 1. The van der Waals surface area contributed by atoms with Crippen molar-refractivity contribution in [2.24, 2.45) is 0 Å². The molecule has 1 N–H and O–H groups in total. The molecule has 0 saturated carbocycles. The van der Waals surface area contributed by atoms with Crippen LogP contribution in [0.3, 0.4) is 0 Å². The van der Waals surface area contributed by atoms with E-state index >= 15 is 0 Å². The summed E-state index contributed by atoms with van der Waals surface area (Å²) in [6.07, 6.45) is 3.29. The Morgan fingerprint density at radius 1 is 1.25 bits per heavy atom. The predicted molar refractivity (Wildman–Crippen MR) is 94.7 cm³/mol. The molecule has 0 aliphatic rings. The van der Waals surface area contributed by atoms with Crippen molar-refractivity contribution in [3.05, 3.63) is 53.3 Å². The summed E-state index contributed by atoms with van der Waals surface area (Å²) in [4.78, 5) is 4.16. The molecule has 0 unspecified atom stereocenters. The molecule has 0 amide bonds. The summed E-state index contributed by atoms with van der Waals surface area (Å²) in [5.74, 6) is 0.395. The van der Waals surface area contributed by atoms with E-state index in [1.807, 2.05) is 39.8 Å². The highest BCUT2D eigenvalue weighted by molar-refractivity contribution is 7.89. The number of methoxy groups -OCH3 is 1. The molecule has 2 aromatic rings. The van der Waals surface area contributed by atoms with Crippen LogP contribution in [0.4, 0.5) is 0 Å². The van der Waals surface area contributed by atoms with Gasteiger partial charge in [-0.2, -0.15) is 0 Å². The summed E-state index contributed by atoms with van der Waals surface area (Å²) in [7, 11) is -2.21. The summed E-state index contributed by atoms with van der Waals surface area (Å²) in [6.45, 7) is 8.16. The molecule has 1 heterocycles. The molecule has 0 aliphatic carbocycles. The van der Waals surface area contributed by atoms with Crippen LogP contribution in [0.2, 0.25) is 0 Å². The number of ether oxygens (including phenoxy) is 1. The Hall–Kier alpha value is -1.92. The number of benzene rings is 1. The summed E-state index contributed by atoms with van der Waals surface area (Å²) >= 11 is 0. The average molecular weight is 348 g/mol. The molecule has 0 fully saturated rings. The molecule has 24 heavy (non-hydrogen) atoms. The van der Waals surface area contributed by atoms with Crippen LogP contribution in [0.5, 0.6) is 5.75 Å². The first-order valence-corrected chi connectivity index (χ1v) is 9.21. The van der Waals surface area contributed by atoms with E-state index in [2.05, 4.69) is 9.71 Å². The maximum Gasteiger partial charge on any atom is 0.244 e. The van der Waals surface area contributed by atoms with Gasteiger partial charge in [0.25, 0.3) is 0 Å². The van der Waals surface area contributed by atoms with Crippen LogP contribution in [-0.4, -0.2) is 20.5 Å². The lowest BCUT2D eigenvalue weighted by molar-refractivity contribution is 0.385. The number of nitrogens with zero attached hydrogens (tertiary/aromatic N) is 1. The minimum Gasteiger partial charge on any atom is -0.495 e. The zero-order chi connectivity index (χ0) is 18.0. The molecule has 5 nitrogen and oxygen atoms in total. The van der Waals surface area contributed by atoms with Gasteiger partial charge in [-0.25, -0.2) is 13.1 Å². The third-order valence-corrected chi connectivity index (χ3v) is 5.10. The first-order chi connectivity index (χ1) is 11.1. The number of aromatic nitrogens is 1. The molecular weight excluding hydrogens is 324 g/mol. The fourth-order valence-electron chi connectivity index (χ4n) is 2.47. The summed E-state index contributed by atoms with van der Waals surface area (Å²) in [6, 6.07) is 7.21. The SMILES string of the molecule is COc1c(C(C)(C)C)cc(C)cc1S(=O)(=O)NCc1cccnc1. The molecule has 0 atom stereocenters. The monoisotopic (exact) mass is 348 g/mol.